The number of urea groups is 1. The zero-order chi connectivity index (χ0) is 23.8. The van der Waals surface area contributed by atoms with Crippen LogP contribution >= 0.6 is 11.6 Å². The van der Waals surface area contributed by atoms with Gasteiger partial charge in [0.25, 0.3) is 0 Å². The molecule has 2 amide bonds. The molecule has 0 fully saturated rings. The third kappa shape index (κ3) is 4.16. The van der Waals surface area contributed by atoms with Crippen LogP contribution in [0.5, 0.6) is 5.75 Å². The maximum absolute atomic E-state index is 13.5. The highest BCUT2D eigenvalue weighted by Gasteiger charge is 2.44. The summed E-state index contributed by atoms with van der Waals surface area (Å²) < 4.78 is 5.42. The van der Waals surface area contributed by atoms with E-state index in [1.807, 2.05) is 42.5 Å². The summed E-state index contributed by atoms with van der Waals surface area (Å²) in [6, 6.07) is 21.4. The maximum atomic E-state index is 13.5. The summed E-state index contributed by atoms with van der Waals surface area (Å²) in [5.74, 6) is 1.38. The van der Waals surface area contributed by atoms with E-state index in [0.29, 0.717) is 10.9 Å². The van der Waals surface area contributed by atoms with Gasteiger partial charge in [-0.25, -0.2) is 9.80 Å². The third-order valence-electron chi connectivity index (χ3n) is 6.77. The molecular weight excluding hydrogens is 446 g/mol. The van der Waals surface area contributed by atoms with Crippen molar-refractivity contribution in [3.63, 3.8) is 0 Å². The van der Waals surface area contributed by atoms with Gasteiger partial charge in [0.2, 0.25) is 0 Å². The van der Waals surface area contributed by atoms with E-state index < -0.39 is 0 Å². The maximum Gasteiger partial charge on any atom is 0.342 e. The molecule has 0 saturated carbocycles. The summed E-state index contributed by atoms with van der Waals surface area (Å²) in [6.45, 7) is 4.31. The van der Waals surface area contributed by atoms with Crippen LogP contribution in [0.1, 0.15) is 54.5 Å². The molecule has 0 saturated heterocycles. The molecular formula is C28H28ClN3O2. The molecule has 1 heterocycles. The van der Waals surface area contributed by atoms with Crippen molar-refractivity contribution in [3.8, 4) is 5.75 Å². The molecule has 2 aliphatic rings. The summed E-state index contributed by atoms with van der Waals surface area (Å²) in [6.07, 6.45) is 1.81. The van der Waals surface area contributed by atoms with Gasteiger partial charge in [0.15, 0.2) is 0 Å². The van der Waals surface area contributed by atoms with E-state index in [1.165, 1.54) is 11.1 Å². The average Bonchev–Trinajstić information content (AvgIpc) is 3.24. The van der Waals surface area contributed by atoms with Crippen molar-refractivity contribution >= 4 is 29.0 Å². The summed E-state index contributed by atoms with van der Waals surface area (Å²) >= 11 is 6.16. The van der Waals surface area contributed by atoms with Gasteiger partial charge in [-0.05, 0) is 77.9 Å². The summed E-state index contributed by atoms with van der Waals surface area (Å²) in [5.41, 5.74) is 6.26. The van der Waals surface area contributed by atoms with Crippen molar-refractivity contribution in [2.45, 2.75) is 38.6 Å². The topological polar surface area (TPSA) is 53.9 Å². The van der Waals surface area contributed by atoms with Crippen LogP contribution in [0.15, 0.2) is 71.8 Å². The SMILES string of the molecule is COc1ccc2c(c1)CCC1C2=NN(C(=O)Nc2ccc(C(C)C)cc2)C1c1ccc(Cl)cc1. The third-order valence-corrected chi connectivity index (χ3v) is 7.02. The molecule has 6 heteroatoms. The lowest BCUT2D eigenvalue weighted by Crippen LogP contribution is -2.34. The molecule has 2 atom stereocenters. The molecule has 3 aromatic rings. The predicted octanol–water partition coefficient (Wildman–Crippen LogP) is 7.03. The zero-order valence-electron chi connectivity index (χ0n) is 19.6. The van der Waals surface area contributed by atoms with Crippen LogP contribution in [0.3, 0.4) is 0 Å². The number of rotatable bonds is 4. The lowest BCUT2D eigenvalue weighted by molar-refractivity contribution is 0.188. The summed E-state index contributed by atoms with van der Waals surface area (Å²) in [4.78, 5) is 13.5. The Morgan fingerprint density at radius 2 is 1.82 bits per heavy atom. The number of benzene rings is 3. The second-order valence-electron chi connectivity index (χ2n) is 9.20. The van der Waals surface area contributed by atoms with E-state index in [0.717, 1.165) is 41.1 Å². The first-order valence-corrected chi connectivity index (χ1v) is 12.0. The molecule has 0 aromatic heterocycles. The van der Waals surface area contributed by atoms with E-state index >= 15 is 0 Å². The molecule has 1 N–H and O–H groups in total. The normalized spacial score (nSPS) is 18.9. The number of halogens is 1. The Hall–Kier alpha value is -3.31. The number of aryl methyl sites for hydroxylation is 1. The van der Waals surface area contributed by atoms with Crippen LogP contribution in [0.25, 0.3) is 0 Å². The fourth-order valence-corrected chi connectivity index (χ4v) is 5.05. The van der Waals surface area contributed by atoms with Crippen molar-refractivity contribution in [1.82, 2.24) is 5.01 Å². The quantitative estimate of drug-likeness (QED) is 0.442. The Morgan fingerprint density at radius 3 is 2.50 bits per heavy atom. The van der Waals surface area contributed by atoms with Gasteiger partial charge in [-0.3, -0.25) is 0 Å². The Kier molecular flexibility index (Phi) is 6.05. The molecule has 2 unspecified atom stereocenters. The van der Waals surface area contributed by atoms with Crippen LogP contribution in [0.2, 0.25) is 5.02 Å². The number of hydrogen-bond acceptors (Lipinski definition) is 3. The van der Waals surface area contributed by atoms with Crippen molar-refractivity contribution < 1.29 is 9.53 Å². The molecule has 1 aliphatic heterocycles. The number of hydrazone groups is 1. The smallest absolute Gasteiger partial charge is 0.342 e. The monoisotopic (exact) mass is 473 g/mol. The highest BCUT2D eigenvalue weighted by atomic mass is 35.5. The first kappa shape index (κ1) is 22.5. The van der Waals surface area contributed by atoms with E-state index in [2.05, 4.69) is 43.4 Å². The van der Waals surface area contributed by atoms with Crippen molar-refractivity contribution in [2.75, 3.05) is 12.4 Å². The number of fused-ring (bicyclic) bond motifs is 3. The van der Waals surface area contributed by atoms with Gasteiger partial charge < -0.3 is 10.1 Å². The Morgan fingerprint density at radius 1 is 1.09 bits per heavy atom. The molecule has 174 valence electrons. The number of nitrogens with zero attached hydrogens (tertiary/aromatic N) is 2. The fraction of sp³-hybridized carbons (Fsp3) is 0.286. The minimum atomic E-state index is -0.241. The van der Waals surface area contributed by atoms with E-state index in [9.17, 15) is 4.79 Å². The number of carbonyl (C=O) groups excluding carboxylic acids is 1. The van der Waals surface area contributed by atoms with Gasteiger partial charge in [0.05, 0.1) is 18.9 Å². The second kappa shape index (κ2) is 9.15. The summed E-state index contributed by atoms with van der Waals surface area (Å²) in [5, 5.41) is 10.2. The fourth-order valence-electron chi connectivity index (χ4n) is 4.92. The Labute approximate surface area is 205 Å². The van der Waals surface area contributed by atoms with Gasteiger partial charge in [0, 0.05) is 22.2 Å². The standard InChI is InChI=1S/C28H28ClN3O2/c1-17(2)18-6-11-22(12-7-18)30-28(33)32-27(19-4-9-21(29)10-5-19)25-14-8-20-16-23(34-3)13-15-24(20)26(25)31-32/h4-7,9-13,15-17,25,27H,8,14H2,1-3H3,(H,30,33). The zero-order valence-corrected chi connectivity index (χ0v) is 20.3. The number of amides is 2. The van der Waals surface area contributed by atoms with E-state index in [4.69, 9.17) is 21.4 Å². The molecule has 0 radical (unpaired) electrons. The number of nitrogens with one attached hydrogen (secondary N) is 1. The van der Waals surface area contributed by atoms with Crippen LogP contribution in [-0.4, -0.2) is 23.9 Å². The Bertz CT molecular complexity index is 1240. The van der Waals surface area contributed by atoms with Gasteiger partial charge >= 0.3 is 6.03 Å². The highest BCUT2D eigenvalue weighted by Crippen LogP contribution is 2.44. The number of hydrogen-bond donors (Lipinski definition) is 1. The van der Waals surface area contributed by atoms with Crippen LogP contribution in [-0.2, 0) is 6.42 Å². The number of anilines is 1. The largest absolute Gasteiger partial charge is 0.497 e. The molecule has 34 heavy (non-hydrogen) atoms. The molecule has 0 bridgehead atoms. The molecule has 5 nitrogen and oxygen atoms in total. The van der Waals surface area contributed by atoms with Crippen molar-refractivity contribution in [3.05, 3.63) is 94.0 Å². The van der Waals surface area contributed by atoms with E-state index in [-0.39, 0.29) is 18.0 Å². The lowest BCUT2D eigenvalue weighted by Gasteiger charge is -2.30. The highest BCUT2D eigenvalue weighted by molar-refractivity contribution is 6.30. The summed E-state index contributed by atoms with van der Waals surface area (Å²) in [7, 11) is 1.68. The first-order chi connectivity index (χ1) is 16.4. The minimum absolute atomic E-state index is 0.108. The average molecular weight is 474 g/mol. The van der Waals surface area contributed by atoms with Crippen LogP contribution < -0.4 is 10.1 Å². The van der Waals surface area contributed by atoms with Crippen LogP contribution in [0.4, 0.5) is 10.5 Å². The molecule has 1 aliphatic carbocycles. The minimum Gasteiger partial charge on any atom is -0.497 e. The van der Waals surface area contributed by atoms with Gasteiger partial charge in [-0.15, -0.1) is 0 Å². The Balaban J connectivity index is 1.50. The first-order valence-electron chi connectivity index (χ1n) is 11.7. The number of methoxy groups -OCH3 is 1. The van der Waals surface area contributed by atoms with Gasteiger partial charge in [-0.2, -0.15) is 5.10 Å². The second-order valence-corrected chi connectivity index (χ2v) is 9.64. The van der Waals surface area contributed by atoms with Crippen LogP contribution in [0, 0.1) is 5.92 Å². The molecule has 5 rings (SSSR count). The van der Waals surface area contributed by atoms with E-state index in [1.54, 1.807) is 12.1 Å². The van der Waals surface area contributed by atoms with Crippen molar-refractivity contribution in [2.24, 2.45) is 11.0 Å². The molecule has 3 aromatic carbocycles. The number of carbonyl (C=O) groups is 1. The van der Waals surface area contributed by atoms with Gasteiger partial charge in [-0.1, -0.05) is 49.7 Å². The van der Waals surface area contributed by atoms with Crippen molar-refractivity contribution in [1.29, 1.82) is 0 Å². The lowest BCUT2D eigenvalue weighted by atomic mass is 9.77. The van der Waals surface area contributed by atoms with Gasteiger partial charge in [0.1, 0.15) is 5.75 Å². The molecule has 0 spiro atoms. The number of ether oxygens (including phenoxy) is 1. The predicted molar refractivity (Wildman–Crippen MR) is 137 cm³/mol.